The summed E-state index contributed by atoms with van der Waals surface area (Å²) in [6.45, 7) is 0.225. The minimum absolute atomic E-state index is 0.0916. The Kier molecular flexibility index (Phi) is 3.36. The van der Waals surface area contributed by atoms with Crippen LogP contribution in [0.5, 0.6) is 0 Å². The molecule has 0 atom stereocenters. The summed E-state index contributed by atoms with van der Waals surface area (Å²) < 4.78 is 2.56. The molecule has 0 aliphatic rings. The number of benzene rings is 1. The van der Waals surface area contributed by atoms with Gasteiger partial charge in [0.15, 0.2) is 0 Å². The molecule has 0 aliphatic heterocycles. The molecule has 0 saturated heterocycles. The van der Waals surface area contributed by atoms with Gasteiger partial charge in [0.05, 0.1) is 0 Å². The van der Waals surface area contributed by atoms with Crippen LogP contribution >= 0.6 is 15.9 Å². The van der Waals surface area contributed by atoms with Gasteiger partial charge < -0.3 is 5.32 Å². The van der Waals surface area contributed by atoms with Crippen molar-refractivity contribution in [2.24, 2.45) is 0 Å². The van der Waals surface area contributed by atoms with Gasteiger partial charge in [-0.2, -0.15) is 5.10 Å². The molecule has 2 rings (SSSR count). The van der Waals surface area contributed by atoms with E-state index in [1.54, 1.807) is 23.1 Å². The molecule has 0 fully saturated rings. The van der Waals surface area contributed by atoms with E-state index in [9.17, 15) is 4.79 Å². The molecule has 4 nitrogen and oxygen atoms in total. The Morgan fingerprint density at radius 1 is 1.38 bits per heavy atom. The summed E-state index contributed by atoms with van der Waals surface area (Å²) in [6, 6.07) is 9.22. The van der Waals surface area contributed by atoms with E-state index < -0.39 is 0 Å². The van der Waals surface area contributed by atoms with Gasteiger partial charge in [0, 0.05) is 22.6 Å². The zero-order chi connectivity index (χ0) is 11.4. The number of amides is 1. The van der Waals surface area contributed by atoms with Crippen LogP contribution in [-0.2, 0) is 11.3 Å². The van der Waals surface area contributed by atoms with Gasteiger partial charge >= 0.3 is 0 Å². The van der Waals surface area contributed by atoms with E-state index in [0.29, 0.717) is 0 Å². The molecule has 82 valence electrons. The molecule has 1 aromatic carbocycles. The number of carbonyl (C=O) groups is 1. The summed E-state index contributed by atoms with van der Waals surface area (Å²) >= 11 is 3.33. The van der Waals surface area contributed by atoms with Gasteiger partial charge in [-0.25, -0.2) is 0 Å². The summed E-state index contributed by atoms with van der Waals surface area (Å²) in [5, 5.41) is 6.75. The zero-order valence-electron chi connectivity index (χ0n) is 8.43. The van der Waals surface area contributed by atoms with Crippen molar-refractivity contribution in [2.75, 3.05) is 5.32 Å². The first kappa shape index (κ1) is 10.9. The van der Waals surface area contributed by atoms with Gasteiger partial charge in [-0.05, 0) is 30.3 Å². The highest BCUT2D eigenvalue weighted by molar-refractivity contribution is 9.10. The lowest BCUT2D eigenvalue weighted by Crippen LogP contribution is -2.18. The van der Waals surface area contributed by atoms with Crippen LogP contribution in [0, 0.1) is 0 Å². The Morgan fingerprint density at radius 2 is 2.12 bits per heavy atom. The summed E-state index contributed by atoms with van der Waals surface area (Å²) in [6.07, 6.45) is 3.40. The summed E-state index contributed by atoms with van der Waals surface area (Å²) in [5.74, 6) is -0.0916. The van der Waals surface area contributed by atoms with Crippen LogP contribution in [0.15, 0.2) is 47.2 Å². The third-order valence-corrected chi connectivity index (χ3v) is 2.52. The standard InChI is InChI=1S/C11H10BrN3O/c12-9-2-4-10(5-3-9)14-11(16)8-15-7-1-6-13-15/h1-7H,8H2,(H,14,16). The van der Waals surface area contributed by atoms with E-state index in [4.69, 9.17) is 0 Å². The van der Waals surface area contributed by atoms with E-state index in [0.717, 1.165) is 10.2 Å². The molecule has 1 aromatic heterocycles. The van der Waals surface area contributed by atoms with Crippen molar-refractivity contribution < 1.29 is 4.79 Å². The Bertz CT molecular complexity index is 464. The van der Waals surface area contributed by atoms with Crippen molar-refractivity contribution >= 4 is 27.5 Å². The zero-order valence-corrected chi connectivity index (χ0v) is 10.0. The quantitative estimate of drug-likeness (QED) is 0.937. The minimum atomic E-state index is -0.0916. The Balaban J connectivity index is 1.95. The summed E-state index contributed by atoms with van der Waals surface area (Å²) in [4.78, 5) is 11.6. The van der Waals surface area contributed by atoms with Crippen molar-refractivity contribution in [1.29, 1.82) is 0 Å². The van der Waals surface area contributed by atoms with Gasteiger partial charge in [-0.15, -0.1) is 0 Å². The molecule has 0 bridgehead atoms. The largest absolute Gasteiger partial charge is 0.324 e. The highest BCUT2D eigenvalue weighted by Gasteiger charge is 2.02. The maximum atomic E-state index is 11.6. The van der Waals surface area contributed by atoms with Crippen molar-refractivity contribution in [2.45, 2.75) is 6.54 Å². The summed E-state index contributed by atoms with van der Waals surface area (Å²) in [5.41, 5.74) is 0.778. The first-order valence-corrected chi connectivity index (χ1v) is 5.56. The fourth-order valence-electron chi connectivity index (χ4n) is 1.27. The second kappa shape index (κ2) is 4.94. The Hall–Kier alpha value is -1.62. The maximum absolute atomic E-state index is 11.6. The van der Waals surface area contributed by atoms with Crippen LogP contribution in [0.1, 0.15) is 0 Å². The SMILES string of the molecule is O=C(Cn1cccn1)Nc1ccc(Br)cc1. The third kappa shape index (κ3) is 2.93. The van der Waals surface area contributed by atoms with E-state index in [1.807, 2.05) is 24.3 Å². The number of anilines is 1. The van der Waals surface area contributed by atoms with Gasteiger partial charge in [0.1, 0.15) is 6.54 Å². The highest BCUT2D eigenvalue weighted by Crippen LogP contribution is 2.13. The topological polar surface area (TPSA) is 46.9 Å². The molecule has 0 radical (unpaired) electrons. The monoisotopic (exact) mass is 279 g/mol. The molecule has 16 heavy (non-hydrogen) atoms. The van der Waals surface area contributed by atoms with E-state index in [1.165, 1.54) is 0 Å². The fraction of sp³-hybridized carbons (Fsp3) is 0.0909. The van der Waals surface area contributed by atoms with Gasteiger partial charge in [-0.1, -0.05) is 15.9 Å². The number of aromatic nitrogens is 2. The first-order valence-electron chi connectivity index (χ1n) is 4.77. The Labute approximate surface area is 101 Å². The van der Waals surface area contributed by atoms with Crippen LogP contribution in [0.4, 0.5) is 5.69 Å². The van der Waals surface area contributed by atoms with Crippen LogP contribution in [0.25, 0.3) is 0 Å². The number of halogens is 1. The molecule has 2 aromatic rings. The lowest BCUT2D eigenvalue weighted by atomic mass is 10.3. The van der Waals surface area contributed by atoms with Gasteiger partial charge in [-0.3, -0.25) is 9.48 Å². The second-order valence-corrected chi connectivity index (χ2v) is 4.17. The highest BCUT2D eigenvalue weighted by atomic mass is 79.9. The van der Waals surface area contributed by atoms with Crippen LogP contribution < -0.4 is 5.32 Å². The average molecular weight is 280 g/mol. The number of nitrogens with zero attached hydrogens (tertiary/aromatic N) is 2. The van der Waals surface area contributed by atoms with Crippen molar-refractivity contribution in [3.8, 4) is 0 Å². The molecule has 0 saturated carbocycles. The third-order valence-electron chi connectivity index (χ3n) is 1.99. The minimum Gasteiger partial charge on any atom is -0.324 e. The smallest absolute Gasteiger partial charge is 0.246 e. The fourth-order valence-corrected chi connectivity index (χ4v) is 1.54. The normalized spacial score (nSPS) is 10.1. The average Bonchev–Trinajstić information content (AvgIpc) is 2.74. The van der Waals surface area contributed by atoms with Crippen molar-refractivity contribution in [3.05, 3.63) is 47.2 Å². The van der Waals surface area contributed by atoms with Crippen molar-refractivity contribution in [1.82, 2.24) is 9.78 Å². The predicted molar refractivity (Wildman–Crippen MR) is 65.0 cm³/mol. The second-order valence-electron chi connectivity index (χ2n) is 3.26. The lowest BCUT2D eigenvalue weighted by Gasteiger charge is -2.05. The lowest BCUT2D eigenvalue weighted by molar-refractivity contribution is -0.116. The predicted octanol–water partition coefficient (Wildman–Crippen LogP) is 2.28. The Morgan fingerprint density at radius 3 is 2.75 bits per heavy atom. The van der Waals surface area contributed by atoms with Crippen LogP contribution in [-0.4, -0.2) is 15.7 Å². The van der Waals surface area contributed by atoms with Crippen LogP contribution in [0.2, 0.25) is 0 Å². The number of carbonyl (C=O) groups excluding carboxylic acids is 1. The first-order chi connectivity index (χ1) is 7.74. The molecular weight excluding hydrogens is 270 g/mol. The number of nitrogens with one attached hydrogen (secondary N) is 1. The molecule has 0 spiro atoms. The number of rotatable bonds is 3. The molecular formula is C11H10BrN3O. The van der Waals surface area contributed by atoms with Crippen molar-refractivity contribution in [3.63, 3.8) is 0 Å². The number of hydrogen-bond donors (Lipinski definition) is 1. The van der Waals surface area contributed by atoms with Gasteiger partial charge in [0.25, 0.3) is 0 Å². The van der Waals surface area contributed by atoms with E-state index in [-0.39, 0.29) is 12.5 Å². The van der Waals surface area contributed by atoms with Crippen LogP contribution in [0.3, 0.4) is 0 Å². The summed E-state index contributed by atoms with van der Waals surface area (Å²) in [7, 11) is 0. The maximum Gasteiger partial charge on any atom is 0.246 e. The van der Waals surface area contributed by atoms with E-state index in [2.05, 4.69) is 26.3 Å². The molecule has 1 N–H and O–H groups in total. The molecule has 1 heterocycles. The molecule has 0 aliphatic carbocycles. The molecule has 5 heteroatoms. The number of hydrogen-bond acceptors (Lipinski definition) is 2. The molecule has 1 amide bonds. The molecule has 0 unspecified atom stereocenters. The van der Waals surface area contributed by atoms with Gasteiger partial charge in [0.2, 0.25) is 5.91 Å². The van der Waals surface area contributed by atoms with E-state index >= 15 is 0 Å².